The van der Waals surface area contributed by atoms with Crippen molar-refractivity contribution in [2.24, 2.45) is 0 Å². The second-order valence-electron chi connectivity index (χ2n) is 7.75. The summed E-state index contributed by atoms with van der Waals surface area (Å²) in [6, 6.07) is 18.7. The molecule has 0 aliphatic rings. The van der Waals surface area contributed by atoms with Crippen LogP contribution in [0, 0.1) is 5.82 Å². The van der Waals surface area contributed by atoms with Crippen molar-refractivity contribution in [1.29, 1.82) is 0 Å². The summed E-state index contributed by atoms with van der Waals surface area (Å²) in [5, 5.41) is 9.56. The van der Waals surface area contributed by atoms with Crippen molar-refractivity contribution in [2.45, 2.75) is 0 Å². The fourth-order valence-corrected chi connectivity index (χ4v) is 4.17. The molecule has 0 atom stereocenters. The molecular weight excluding hydrogens is 417 g/mol. The van der Waals surface area contributed by atoms with Gasteiger partial charge in [-0.25, -0.2) is 4.39 Å². The number of nitrogens with one attached hydrogen (secondary N) is 2. The second kappa shape index (κ2) is 7.56. The van der Waals surface area contributed by atoms with Crippen molar-refractivity contribution in [1.82, 2.24) is 25.1 Å². The molecule has 4 heterocycles. The van der Waals surface area contributed by atoms with Gasteiger partial charge in [-0.05, 0) is 59.7 Å². The van der Waals surface area contributed by atoms with Crippen LogP contribution in [0.15, 0.2) is 79.3 Å². The highest BCUT2D eigenvalue weighted by atomic mass is 19.1. The molecule has 6 rings (SSSR count). The first-order valence-corrected chi connectivity index (χ1v) is 10.4. The molecule has 0 saturated heterocycles. The first-order chi connectivity index (χ1) is 16.2. The molecule has 7 heteroatoms. The summed E-state index contributed by atoms with van der Waals surface area (Å²) < 4.78 is 19.4. The van der Waals surface area contributed by atoms with Gasteiger partial charge in [0.05, 0.1) is 24.0 Å². The van der Waals surface area contributed by atoms with Gasteiger partial charge in [0.1, 0.15) is 17.3 Å². The Morgan fingerprint density at radius 1 is 0.758 bits per heavy atom. The van der Waals surface area contributed by atoms with E-state index in [-0.39, 0.29) is 5.82 Å². The maximum absolute atomic E-state index is 14.1. The summed E-state index contributed by atoms with van der Waals surface area (Å²) in [6.45, 7) is 0. The van der Waals surface area contributed by atoms with Crippen LogP contribution >= 0.6 is 0 Å². The predicted octanol–water partition coefficient (Wildman–Crippen LogP) is 5.98. The zero-order valence-electron chi connectivity index (χ0n) is 17.6. The zero-order valence-corrected chi connectivity index (χ0v) is 17.6. The first-order valence-electron chi connectivity index (χ1n) is 10.4. The van der Waals surface area contributed by atoms with E-state index >= 15 is 0 Å². The Labute approximate surface area is 188 Å². The topological polar surface area (TPSA) is 79.5 Å². The normalized spacial score (nSPS) is 11.3. The fourth-order valence-electron chi connectivity index (χ4n) is 4.17. The van der Waals surface area contributed by atoms with Crippen molar-refractivity contribution in [3.8, 4) is 39.5 Å². The summed E-state index contributed by atoms with van der Waals surface area (Å²) in [7, 11) is 1.52. The second-order valence-corrected chi connectivity index (χ2v) is 7.75. The molecule has 0 aliphatic carbocycles. The molecule has 0 fully saturated rings. The molecule has 2 aromatic carbocycles. The minimum absolute atomic E-state index is 0.374. The van der Waals surface area contributed by atoms with E-state index in [0.717, 1.165) is 44.3 Å². The van der Waals surface area contributed by atoms with Gasteiger partial charge in [-0.2, -0.15) is 5.10 Å². The maximum Gasteiger partial charge on any atom is 0.127 e. The molecule has 0 amide bonds. The average Bonchev–Trinajstić information content (AvgIpc) is 3.47. The van der Waals surface area contributed by atoms with Crippen LogP contribution < -0.4 is 4.74 Å². The van der Waals surface area contributed by atoms with E-state index in [2.05, 4.69) is 37.3 Å². The van der Waals surface area contributed by atoms with Crippen molar-refractivity contribution in [3.05, 3.63) is 85.1 Å². The van der Waals surface area contributed by atoms with Crippen molar-refractivity contribution >= 4 is 21.8 Å². The average molecular weight is 435 g/mol. The molecule has 160 valence electrons. The summed E-state index contributed by atoms with van der Waals surface area (Å²) in [5.41, 5.74) is 6.97. The Kier molecular flexibility index (Phi) is 4.40. The van der Waals surface area contributed by atoms with Crippen molar-refractivity contribution < 1.29 is 9.13 Å². The molecular formula is C26H18FN5O. The number of nitrogens with zero attached hydrogens (tertiary/aromatic N) is 3. The number of aromatic nitrogens is 5. The fraction of sp³-hybridized carbons (Fsp3) is 0.0385. The van der Waals surface area contributed by atoms with Gasteiger partial charge < -0.3 is 9.72 Å². The lowest BCUT2D eigenvalue weighted by Gasteiger charge is -2.06. The van der Waals surface area contributed by atoms with Crippen molar-refractivity contribution in [3.63, 3.8) is 0 Å². The number of rotatable bonds is 4. The third-order valence-electron chi connectivity index (χ3n) is 5.76. The molecule has 4 aromatic heterocycles. The zero-order chi connectivity index (χ0) is 22.4. The van der Waals surface area contributed by atoms with Gasteiger partial charge in [0.15, 0.2) is 0 Å². The van der Waals surface area contributed by atoms with Gasteiger partial charge in [-0.3, -0.25) is 15.1 Å². The maximum atomic E-state index is 14.1. The molecule has 0 aliphatic heterocycles. The number of pyridine rings is 2. The van der Waals surface area contributed by atoms with E-state index in [1.165, 1.54) is 19.2 Å². The van der Waals surface area contributed by atoms with Crippen LogP contribution in [0.1, 0.15) is 0 Å². The van der Waals surface area contributed by atoms with E-state index < -0.39 is 0 Å². The highest BCUT2D eigenvalue weighted by Crippen LogP contribution is 2.35. The first kappa shape index (κ1) is 19.2. The van der Waals surface area contributed by atoms with E-state index in [9.17, 15) is 4.39 Å². The Morgan fingerprint density at radius 2 is 1.61 bits per heavy atom. The quantitative estimate of drug-likeness (QED) is 0.357. The number of halogens is 1. The van der Waals surface area contributed by atoms with Crippen LogP contribution in [0.3, 0.4) is 0 Å². The molecule has 6 aromatic rings. The number of hydrogen-bond donors (Lipinski definition) is 2. The molecule has 6 nitrogen and oxygen atoms in total. The lowest BCUT2D eigenvalue weighted by atomic mass is 10.0. The Hall–Kier alpha value is -4.52. The molecule has 2 N–H and O–H groups in total. The van der Waals surface area contributed by atoms with Gasteiger partial charge >= 0.3 is 0 Å². The van der Waals surface area contributed by atoms with Crippen LogP contribution in [0.25, 0.3) is 55.6 Å². The highest BCUT2D eigenvalue weighted by molar-refractivity contribution is 6.00. The molecule has 0 bridgehead atoms. The molecule has 0 radical (unpaired) electrons. The largest absolute Gasteiger partial charge is 0.497 e. The Bertz CT molecular complexity index is 1620. The SMILES string of the molecule is COc1cc(F)cc(-c2nccc3[nH]c(-c4n[nH]c5ccc(-c6ccncc6)cc45)cc23)c1. The molecule has 0 spiro atoms. The van der Waals surface area contributed by atoms with E-state index in [0.29, 0.717) is 17.0 Å². The Balaban J connectivity index is 1.50. The van der Waals surface area contributed by atoms with Crippen molar-refractivity contribution in [2.75, 3.05) is 7.11 Å². The van der Waals surface area contributed by atoms with E-state index in [1.807, 2.05) is 30.3 Å². The van der Waals surface area contributed by atoms with Gasteiger partial charge in [-0.15, -0.1) is 0 Å². The number of methoxy groups -OCH3 is 1. The Morgan fingerprint density at radius 3 is 2.45 bits per heavy atom. The summed E-state index contributed by atoms with van der Waals surface area (Å²) >= 11 is 0. The molecule has 33 heavy (non-hydrogen) atoms. The minimum atomic E-state index is -0.374. The van der Waals surface area contributed by atoms with E-state index in [1.54, 1.807) is 24.7 Å². The number of aromatic amines is 2. The minimum Gasteiger partial charge on any atom is -0.497 e. The summed E-state index contributed by atoms with van der Waals surface area (Å²) in [5.74, 6) is 0.0716. The monoisotopic (exact) mass is 435 g/mol. The third-order valence-corrected chi connectivity index (χ3v) is 5.76. The lowest BCUT2D eigenvalue weighted by molar-refractivity contribution is 0.411. The smallest absolute Gasteiger partial charge is 0.127 e. The number of ether oxygens (including phenoxy) is 1. The van der Waals surface area contributed by atoms with Gasteiger partial charge in [0.2, 0.25) is 0 Å². The van der Waals surface area contributed by atoms with Gasteiger partial charge in [-0.1, -0.05) is 6.07 Å². The standard InChI is InChI=1S/C26H18FN5O/c1-33-19-11-17(10-18(27)13-19)25-21-14-24(30-22(21)6-9-29-25)26-20-12-16(2-3-23(20)31-32-26)15-4-7-28-8-5-15/h2-14,30H,1H3,(H,31,32). The molecule has 0 unspecified atom stereocenters. The number of benzene rings is 2. The number of H-pyrrole nitrogens is 2. The summed E-state index contributed by atoms with van der Waals surface area (Å²) in [4.78, 5) is 12.1. The van der Waals surface area contributed by atoms with Crippen LogP contribution in [0.4, 0.5) is 4.39 Å². The van der Waals surface area contributed by atoms with Crippen LogP contribution in [-0.2, 0) is 0 Å². The number of fused-ring (bicyclic) bond motifs is 2. The molecule has 0 saturated carbocycles. The van der Waals surface area contributed by atoms with Crippen LogP contribution in [0.2, 0.25) is 0 Å². The lowest BCUT2D eigenvalue weighted by Crippen LogP contribution is -1.89. The third kappa shape index (κ3) is 3.30. The van der Waals surface area contributed by atoms with Crippen LogP contribution in [-0.4, -0.2) is 32.3 Å². The highest BCUT2D eigenvalue weighted by Gasteiger charge is 2.16. The van der Waals surface area contributed by atoms with E-state index in [4.69, 9.17) is 4.74 Å². The van der Waals surface area contributed by atoms with Crippen LogP contribution in [0.5, 0.6) is 5.75 Å². The van der Waals surface area contributed by atoms with Gasteiger partial charge in [0, 0.05) is 46.5 Å². The summed E-state index contributed by atoms with van der Waals surface area (Å²) in [6.07, 6.45) is 5.27. The number of hydrogen-bond acceptors (Lipinski definition) is 4. The predicted molar refractivity (Wildman–Crippen MR) is 126 cm³/mol. The van der Waals surface area contributed by atoms with Gasteiger partial charge in [0.25, 0.3) is 0 Å².